The van der Waals surface area contributed by atoms with Gasteiger partial charge in [-0.2, -0.15) is 0 Å². The summed E-state index contributed by atoms with van der Waals surface area (Å²) in [6.45, 7) is 27.9. The third-order valence-electron chi connectivity index (χ3n) is 16.2. The van der Waals surface area contributed by atoms with Crippen LogP contribution in [0.3, 0.4) is 0 Å². The van der Waals surface area contributed by atoms with Gasteiger partial charge in [0.15, 0.2) is 0 Å². The Kier molecular flexibility index (Phi) is 32.8. The minimum atomic E-state index is -1.61. The summed E-state index contributed by atoms with van der Waals surface area (Å²) in [6.07, 6.45) is 4.15. The molecule has 11 amide bonds. The molecule has 0 aromatic heterocycles. The summed E-state index contributed by atoms with van der Waals surface area (Å²) in [5, 5.41) is 23.2. The Morgan fingerprint density at radius 3 is 1.29 bits per heavy atom. The average Bonchev–Trinajstić information content (AvgIpc) is 1.39. The molecule has 0 saturated carbocycles. The van der Waals surface area contributed by atoms with Gasteiger partial charge in [0.2, 0.25) is 65.0 Å². The van der Waals surface area contributed by atoms with E-state index in [1.807, 2.05) is 68.4 Å². The van der Waals surface area contributed by atoms with Gasteiger partial charge in [-0.05, 0) is 101 Å². The number of hydrogen-bond donors (Lipinski definition) is 5. The van der Waals surface area contributed by atoms with Gasteiger partial charge in [-0.1, -0.05) is 115 Å². The van der Waals surface area contributed by atoms with Gasteiger partial charge in [0.25, 0.3) is 0 Å². The number of carbonyl (C=O) groups is 11. The van der Waals surface area contributed by atoms with Gasteiger partial charge in [-0.25, -0.2) is 0 Å². The van der Waals surface area contributed by atoms with E-state index < -0.39 is 150 Å². The quantitative estimate of drug-likeness (QED) is 0.130. The number of rotatable bonds is 17. The van der Waals surface area contributed by atoms with Gasteiger partial charge < -0.3 is 60.7 Å². The lowest BCUT2D eigenvalue weighted by Gasteiger charge is -2.41. The van der Waals surface area contributed by atoms with E-state index in [9.17, 15) is 48.3 Å². The van der Waals surface area contributed by atoms with Crippen LogP contribution in [-0.2, 0) is 52.7 Å². The molecular weight excluding hydrogens is 1100 g/mol. The van der Waals surface area contributed by atoms with Crippen LogP contribution in [0.2, 0.25) is 0 Å². The minimum Gasteiger partial charge on any atom is -0.390 e. The second-order valence-corrected chi connectivity index (χ2v) is 26.1. The molecular formula is C63H113N11O12. The number of likely N-dealkylation sites (N-methyl/N-ethyl adjacent to an activating group) is 7. The maximum atomic E-state index is 15.2. The molecule has 0 bridgehead atoms. The van der Waals surface area contributed by atoms with Gasteiger partial charge in [0, 0.05) is 49.3 Å². The Labute approximate surface area is 515 Å². The van der Waals surface area contributed by atoms with Gasteiger partial charge in [0.05, 0.1) is 12.6 Å². The fraction of sp³-hybridized carbons (Fsp3) is 0.794. The summed E-state index contributed by atoms with van der Waals surface area (Å²) in [4.78, 5) is 169. The summed E-state index contributed by atoms with van der Waals surface area (Å²) >= 11 is 0. The van der Waals surface area contributed by atoms with Crippen molar-refractivity contribution in [1.82, 2.24) is 55.6 Å². The molecule has 1 saturated heterocycles. The lowest BCUT2D eigenvalue weighted by Crippen LogP contribution is -2.63. The molecule has 23 heteroatoms. The van der Waals surface area contributed by atoms with E-state index >= 15 is 9.59 Å². The molecule has 12 unspecified atom stereocenters. The van der Waals surface area contributed by atoms with E-state index in [4.69, 9.17) is 0 Å². The highest BCUT2D eigenvalue weighted by atomic mass is 16.3. The summed E-state index contributed by atoms with van der Waals surface area (Å²) in [6, 6.07) is -12.2. The fourth-order valence-electron chi connectivity index (χ4n) is 11.0. The first-order valence-electron chi connectivity index (χ1n) is 31.2. The maximum Gasteiger partial charge on any atom is 0.246 e. The van der Waals surface area contributed by atoms with Gasteiger partial charge in [-0.3, -0.25) is 52.7 Å². The van der Waals surface area contributed by atoms with E-state index in [0.717, 1.165) is 9.80 Å². The smallest absolute Gasteiger partial charge is 0.246 e. The number of nitrogens with zero attached hydrogens (tertiary/aromatic N) is 7. The number of nitrogens with one attached hydrogen (secondary N) is 4. The number of aliphatic hydroxyl groups is 1. The molecule has 0 spiro atoms. The van der Waals surface area contributed by atoms with Crippen LogP contribution >= 0.6 is 0 Å². The molecule has 0 aromatic rings. The predicted molar refractivity (Wildman–Crippen MR) is 333 cm³/mol. The SMILES string of the molecule is CC=CCC(C)C(O)C1C(=O)NC(CCC)C(=O)N(C)CC(=O)N(C)C(CC(C)C)C(=O)NC(CCC)C(=O)N(C)C(CC(C)C)C(=O)NC(C)C(=O)NC(C)C(=O)N(C)C(CC(C)C)C(=O)N(C)C(CC(C)C)C(=O)N(C)C(C(C)C)C(=O)N1C. The van der Waals surface area contributed by atoms with Crippen molar-refractivity contribution < 1.29 is 57.8 Å². The molecule has 1 rings (SSSR count). The minimum absolute atomic E-state index is 0.0945. The zero-order chi connectivity index (χ0) is 66.5. The summed E-state index contributed by atoms with van der Waals surface area (Å²) in [7, 11) is 9.97. The predicted octanol–water partition coefficient (Wildman–Crippen LogP) is 3.80. The summed E-state index contributed by atoms with van der Waals surface area (Å²) in [5.41, 5.74) is 0. The zero-order valence-corrected chi connectivity index (χ0v) is 56.6. The van der Waals surface area contributed by atoms with Crippen molar-refractivity contribution in [3.63, 3.8) is 0 Å². The second-order valence-electron chi connectivity index (χ2n) is 26.1. The molecule has 23 nitrogen and oxygen atoms in total. The summed E-state index contributed by atoms with van der Waals surface area (Å²) in [5.74, 6) is -9.07. The third kappa shape index (κ3) is 22.2. The lowest BCUT2D eigenvalue weighted by molar-refractivity contribution is -0.157. The standard InChI is InChI=1S/C63H113N11O12/c1-24-27-30-41(14)53(76)52-57(80)67-44(28-25-2)59(82)68(17)35-50(75)69(18)46(31-36(4)5)56(79)66-45(29-26-3)60(83)70(19)47(32-37(6)7)55(78)64-42(15)54(77)65-43(16)58(81)71(20)48(33-38(8)9)61(84)72(21)49(34-39(10)11)62(85)73(22)51(40(12)13)63(86)74(52)23/h24,27,36-49,51-53,76H,25-26,28-35H2,1-23H3,(H,64,78)(H,65,77)(H,66,79)(H,67,80). The molecule has 86 heavy (non-hydrogen) atoms. The van der Waals surface area contributed by atoms with Crippen LogP contribution in [0.5, 0.6) is 0 Å². The van der Waals surface area contributed by atoms with Crippen LogP contribution in [-0.4, -0.2) is 227 Å². The van der Waals surface area contributed by atoms with Crippen LogP contribution in [0.1, 0.15) is 169 Å². The Bertz CT molecular complexity index is 2330. The van der Waals surface area contributed by atoms with Crippen LogP contribution in [0.25, 0.3) is 0 Å². The molecule has 0 aliphatic carbocycles. The molecule has 0 aromatic carbocycles. The number of amides is 11. The van der Waals surface area contributed by atoms with Crippen molar-refractivity contribution in [2.24, 2.45) is 35.5 Å². The van der Waals surface area contributed by atoms with Crippen molar-refractivity contribution in [1.29, 1.82) is 0 Å². The highest BCUT2D eigenvalue weighted by molar-refractivity contribution is 5.99. The van der Waals surface area contributed by atoms with E-state index in [1.54, 1.807) is 40.7 Å². The first-order chi connectivity index (χ1) is 39.8. The fourth-order valence-corrected chi connectivity index (χ4v) is 11.0. The Morgan fingerprint density at radius 1 is 0.453 bits per heavy atom. The average molecular weight is 1220 g/mol. The molecule has 492 valence electrons. The van der Waals surface area contributed by atoms with Crippen molar-refractivity contribution in [3.05, 3.63) is 12.2 Å². The topological polar surface area (TPSA) is 279 Å². The van der Waals surface area contributed by atoms with E-state index in [1.165, 1.54) is 87.7 Å². The molecule has 1 heterocycles. The first-order valence-corrected chi connectivity index (χ1v) is 31.2. The number of carbonyl (C=O) groups excluding carboxylic acids is 11. The third-order valence-corrected chi connectivity index (χ3v) is 16.2. The molecule has 0 radical (unpaired) electrons. The van der Waals surface area contributed by atoms with E-state index in [-0.39, 0.29) is 62.2 Å². The zero-order valence-electron chi connectivity index (χ0n) is 56.6. The van der Waals surface area contributed by atoms with E-state index in [2.05, 4.69) is 21.3 Å². The maximum absolute atomic E-state index is 15.2. The Balaban J connectivity index is 4.35. The Hall–Kier alpha value is -6.13. The number of allylic oxidation sites excluding steroid dienone is 2. The number of hydrogen-bond acceptors (Lipinski definition) is 12. The molecule has 12 atom stereocenters. The van der Waals surface area contributed by atoms with Crippen molar-refractivity contribution in [2.45, 2.75) is 235 Å². The van der Waals surface area contributed by atoms with Crippen LogP contribution in [0.4, 0.5) is 0 Å². The van der Waals surface area contributed by atoms with Crippen LogP contribution in [0, 0.1) is 35.5 Å². The monoisotopic (exact) mass is 1220 g/mol. The molecule has 1 aliphatic rings. The molecule has 1 aliphatic heterocycles. The number of aliphatic hydroxyl groups excluding tert-OH is 1. The largest absolute Gasteiger partial charge is 0.390 e. The highest BCUT2D eigenvalue weighted by Gasteiger charge is 2.45. The molecule has 5 N–H and O–H groups in total. The highest BCUT2D eigenvalue weighted by Crippen LogP contribution is 2.26. The van der Waals surface area contributed by atoms with Crippen molar-refractivity contribution in [3.8, 4) is 0 Å². The first kappa shape index (κ1) is 77.9. The van der Waals surface area contributed by atoms with Crippen LogP contribution in [0.15, 0.2) is 12.2 Å². The van der Waals surface area contributed by atoms with Crippen molar-refractivity contribution >= 4 is 65.0 Å². The lowest BCUT2D eigenvalue weighted by atomic mass is 9.91. The van der Waals surface area contributed by atoms with Gasteiger partial charge in [0.1, 0.15) is 60.4 Å². The normalized spacial score (nSPS) is 26.7. The summed E-state index contributed by atoms with van der Waals surface area (Å²) < 4.78 is 0. The van der Waals surface area contributed by atoms with Gasteiger partial charge >= 0.3 is 0 Å². The Morgan fingerprint density at radius 2 is 0.837 bits per heavy atom. The van der Waals surface area contributed by atoms with Crippen LogP contribution < -0.4 is 21.3 Å². The van der Waals surface area contributed by atoms with Gasteiger partial charge in [-0.15, -0.1) is 0 Å². The molecule has 1 fully saturated rings. The van der Waals surface area contributed by atoms with E-state index in [0.29, 0.717) is 19.3 Å². The second kappa shape index (κ2) is 36.2. The van der Waals surface area contributed by atoms with Crippen molar-refractivity contribution in [2.75, 3.05) is 55.9 Å².